The standard InChI is InChI=1S/C22H30N4O5S2/c1-15-20(26(4)11-17(14-27)22(29)24-2)10-18(32-15)12-25(3)13-21(28)16-6-5-7-19(9-8-16)33(23,30)31/h5,7-11,14,21,28H,6,12-13H2,1-4H3,(H,24,29)(H2,23,30,31)/b17-11+. The molecule has 0 fully saturated rings. The van der Waals surface area contributed by atoms with E-state index < -0.39 is 22.0 Å². The fourth-order valence-electron chi connectivity index (χ4n) is 3.33. The van der Waals surface area contributed by atoms with Crippen molar-refractivity contribution >= 4 is 39.2 Å². The SMILES string of the molecule is CNC(=O)/C(C=O)=C/N(C)c1cc(CN(C)CC(O)C2=CC=C(S(N)(=O)=O)C=CC2)sc1C. The van der Waals surface area contributed by atoms with Crippen LogP contribution in [-0.2, 0) is 26.2 Å². The summed E-state index contributed by atoms with van der Waals surface area (Å²) in [7, 11) is 1.33. The summed E-state index contributed by atoms with van der Waals surface area (Å²) in [5.41, 5.74) is 1.60. The average Bonchev–Trinajstić information content (AvgIpc) is 2.94. The zero-order chi connectivity index (χ0) is 24.8. The summed E-state index contributed by atoms with van der Waals surface area (Å²) in [6.07, 6.45) is 7.78. The third-order valence-electron chi connectivity index (χ3n) is 5.04. The second-order valence-electron chi connectivity index (χ2n) is 7.72. The maximum Gasteiger partial charge on any atom is 0.255 e. The van der Waals surface area contributed by atoms with Gasteiger partial charge in [0.1, 0.15) is 0 Å². The van der Waals surface area contributed by atoms with Crippen molar-refractivity contribution in [3.05, 3.63) is 62.4 Å². The highest BCUT2D eigenvalue weighted by Crippen LogP contribution is 2.30. The molecule has 0 saturated heterocycles. The van der Waals surface area contributed by atoms with E-state index in [1.54, 1.807) is 35.4 Å². The normalized spacial score (nSPS) is 15.5. The van der Waals surface area contributed by atoms with Gasteiger partial charge in [0.05, 0.1) is 22.3 Å². The molecule has 1 atom stereocenters. The number of hydrogen-bond acceptors (Lipinski definition) is 8. The molecule has 11 heteroatoms. The number of primary sulfonamides is 1. The molecule has 1 aromatic rings. The zero-order valence-electron chi connectivity index (χ0n) is 19.1. The predicted octanol–water partition coefficient (Wildman–Crippen LogP) is 1.17. The lowest BCUT2D eigenvalue weighted by molar-refractivity contribution is -0.118. The number of carbonyl (C=O) groups is 2. The van der Waals surface area contributed by atoms with Crippen LogP contribution in [0.5, 0.6) is 0 Å². The number of nitrogens with one attached hydrogen (secondary N) is 1. The lowest BCUT2D eigenvalue weighted by atomic mass is 10.1. The van der Waals surface area contributed by atoms with E-state index in [0.717, 1.165) is 15.4 Å². The minimum atomic E-state index is -3.80. The van der Waals surface area contributed by atoms with Crippen LogP contribution in [0.25, 0.3) is 0 Å². The van der Waals surface area contributed by atoms with E-state index in [9.17, 15) is 23.1 Å². The van der Waals surface area contributed by atoms with E-state index in [4.69, 9.17) is 5.14 Å². The number of allylic oxidation sites excluding steroid dienone is 4. The Morgan fingerprint density at radius 1 is 1.36 bits per heavy atom. The van der Waals surface area contributed by atoms with Gasteiger partial charge in [-0.2, -0.15) is 0 Å². The van der Waals surface area contributed by atoms with Gasteiger partial charge < -0.3 is 15.3 Å². The Hall–Kier alpha value is -2.57. The molecule has 33 heavy (non-hydrogen) atoms. The van der Waals surface area contributed by atoms with Crippen molar-refractivity contribution in [3.63, 3.8) is 0 Å². The van der Waals surface area contributed by atoms with Gasteiger partial charge >= 0.3 is 0 Å². The molecule has 1 aliphatic rings. The molecule has 1 heterocycles. The van der Waals surface area contributed by atoms with Gasteiger partial charge in [-0.1, -0.05) is 12.2 Å². The first-order chi connectivity index (χ1) is 15.5. The van der Waals surface area contributed by atoms with Crippen LogP contribution in [0, 0.1) is 6.92 Å². The number of thiophene rings is 1. The van der Waals surface area contributed by atoms with Crippen molar-refractivity contribution in [3.8, 4) is 0 Å². The van der Waals surface area contributed by atoms with Gasteiger partial charge in [-0.25, -0.2) is 13.6 Å². The van der Waals surface area contributed by atoms with Crippen LogP contribution in [0.2, 0.25) is 0 Å². The van der Waals surface area contributed by atoms with E-state index in [-0.39, 0.29) is 10.5 Å². The molecular formula is C22H30N4O5S2. The van der Waals surface area contributed by atoms with Crippen molar-refractivity contribution < 1.29 is 23.1 Å². The number of aryl methyl sites for hydroxylation is 1. The van der Waals surface area contributed by atoms with Crippen molar-refractivity contribution in [2.45, 2.75) is 26.0 Å². The summed E-state index contributed by atoms with van der Waals surface area (Å²) in [6.45, 7) is 2.89. The third-order valence-corrected chi connectivity index (χ3v) is 6.99. The minimum Gasteiger partial charge on any atom is -0.387 e. The molecule has 1 unspecified atom stereocenters. The maximum absolute atomic E-state index is 11.8. The number of amides is 1. The lowest BCUT2D eigenvalue weighted by Gasteiger charge is -2.21. The highest BCUT2D eigenvalue weighted by Gasteiger charge is 2.18. The van der Waals surface area contributed by atoms with Crippen molar-refractivity contribution in [1.29, 1.82) is 0 Å². The van der Waals surface area contributed by atoms with Crippen LogP contribution < -0.4 is 15.4 Å². The second-order valence-corrected chi connectivity index (χ2v) is 10.6. The molecular weight excluding hydrogens is 464 g/mol. The lowest BCUT2D eigenvalue weighted by Crippen LogP contribution is -2.29. The van der Waals surface area contributed by atoms with Gasteiger partial charge in [0, 0.05) is 43.1 Å². The molecule has 9 nitrogen and oxygen atoms in total. The van der Waals surface area contributed by atoms with Gasteiger partial charge in [-0.05, 0) is 44.2 Å². The highest BCUT2D eigenvalue weighted by molar-refractivity contribution is 7.93. The fourth-order valence-corrected chi connectivity index (χ4v) is 5.03. The van der Waals surface area contributed by atoms with Crippen LogP contribution in [0.3, 0.4) is 0 Å². The molecule has 1 aromatic heterocycles. The number of nitrogens with two attached hydrogens (primary N) is 1. The number of hydrogen-bond donors (Lipinski definition) is 3. The Balaban J connectivity index is 2.07. The van der Waals surface area contributed by atoms with E-state index in [1.807, 2.05) is 24.9 Å². The van der Waals surface area contributed by atoms with Crippen LogP contribution in [0.1, 0.15) is 16.2 Å². The molecule has 0 spiro atoms. The van der Waals surface area contributed by atoms with Crippen molar-refractivity contribution in [2.24, 2.45) is 5.14 Å². The largest absolute Gasteiger partial charge is 0.387 e. The first-order valence-electron chi connectivity index (χ1n) is 10.1. The van der Waals surface area contributed by atoms with Crippen LogP contribution in [0.4, 0.5) is 5.69 Å². The molecule has 4 N–H and O–H groups in total. The highest BCUT2D eigenvalue weighted by atomic mass is 32.2. The summed E-state index contributed by atoms with van der Waals surface area (Å²) >= 11 is 1.59. The topological polar surface area (TPSA) is 133 Å². The Labute approximate surface area is 198 Å². The number of aldehydes is 1. The zero-order valence-corrected chi connectivity index (χ0v) is 20.7. The third kappa shape index (κ3) is 7.47. The number of aliphatic hydroxyl groups is 1. The summed E-state index contributed by atoms with van der Waals surface area (Å²) in [6, 6.07) is 1.99. The van der Waals surface area contributed by atoms with Gasteiger partial charge in [0.15, 0.2) is 6.29 Å². The molecule has 0 aromatic carbocycles. The Morgan fingerprint density at radius 3 is 2.67 bits per heavy atom. The average molecular weight is 495 g/mol. The molecule has 180 valence electrons. The number of anilines is 1. The minimum absolute atomic E-state index is 0.00645. The predicted molar refractivity (Wildman–Crippen MR) is 131 cm³/mol. The molecule has 1 aliphatic carbocycles. The smallest absolute Gasteiger partial charge is 0.255 e. The van der Waals surface area contributed by atoms with E-state index >= 15 is 0 Å². The van der Waals surface area contributed by atoms with Gasteiger partial charge in [0.25, 0.3) is 5.91 Å². The second kappa shape index (κ2) is 11.5. The number of rotatable bonds is 10. The van der Waals surface area contributed by atoms with E-state index in [1.165, 1.54) is 25.4 Å². The summed E-state index contributed by atoms with van der Waals surface area (Å²) in [5.74, 6) is -0.452. The number of aliphatic hydroxyl groups excluding tert-OH is 1. The number of sulfonamides is 1. The summed E-state index contributed by atoms with van der Waals surface area (Å²) < 4.78 is 23.0. The first-order valence-corrected chi connectivity index (χ1v) is 12.5. The molecule has 0 bridgehead atoms. The van der Waals surface area contributed by atoms with Crippen molar-refractivity contribution in [1.82, 2.24) is 10.2 Å². The quantitative estimate of drug-likeness (QED) is 0.192. The van der Waals surface area contributed by atoms with Gasteiger partial charge in [0.2, 0.25) is 10.0 Å². The Morgan fingerprint density at radius 2 is 2.06 bits per heavy atom. The van der Waals surface area contributed by atoms with Gasteiger partial charge in [-0.3, -0.25) is 14.5 Å². The summed E-state index contributed by atoms with van der Waals surface area (Å²) in [5, 5.41) is 18.3. The molecule has 0 aliphatic heterocycles. The Bertz CT molecular complexity index is 1120. The van der Waals surface area contributed by atoms with Crippen molar-refractivity contribution in [2.75, 3.05) is 32.6 Å². The monoisotopic (exact) mass is 494 g/mol. The van der Waals surface area contributed by atoms with E-state index in [0.29, 0.717) is 31.4 Å². The Kier molecular flexibility index (Phi) is 9.32. The molecule has 1 amide bonds. The fraction of sp³-hybridized carbons (Fsp3) is 0.364. The number of likely N-dealkylation sites (N-methyl/N-ethyl adjacent to an activating group) is 2. The molecule has 2 rings (SSSR count). The first kappa shape index (κ1) is 26.7. The van der Waals surface area contributed by atoms with Crippen LogP contribution >= 0.6 is 11.3 Å². The van der Waals surface area contributed by atoms with Crippen LogP contribution in [-0.4, -0.2) is 64.4 Å². The van der Waals surface area contributed by atoms with Gasteiger partial charge in [-0.15, -0.1) is 11.3 Å². The number of nitrogens with zero attached hydrogens (tertiary/aromatic N) is 2. The maximum atomic E-state index is 11.8. The molecule has 0 saturated carbocycles. The van der Waals surface area contributed by atoms with Crippen LogP contribution in [0.15, 0.2) is 52.6 Å². The summed E-state index contributed by atoms with van der Waals surface area (Å²) in [4.78, 5) is 28.7. The number of carbonyl (C=O) groups excluding carboxylic acids is 2. The van der Waals surface area contributed by atoms with E-state index in [2.05, 4.69) is 5.32 Å². The molecule has 0 radical (unpaired) electrons.